The van der Waals surface area contributed by atoms with Crippen LogP contribution in [0.2, 0.25) is 10.0 Å². The molecule has 1 saturated carbocycles. The van der Waals surface area contributed by atoms with Gasteiger partial charge in [-0.3, -0.25) is 4.79 Å². The van der Waals surface area contributed by atoms with Crippen LogP contribution in [0, 0.1) is 0 Å². The highest BCUT2D eigenvalue weighted by molar-refractivity contribution is 7.89. The van der Waals surface area contributed by atoms with E-state index in [1.807, 2.05) is 0 Å². The first-order valence-corrected chi connectivity index (χ1v) is 11.1. The predicted molar refractivity (Wildman–Crippen MR) is 110 cm³/mol. The number of nitrogens with one attached hydrogen (secondary N) is 2. The van der Waals surface area contributed by atoms with Crippen LogP contribution in [0.15, 0.2) is 47.4 Å². The Kier molecular flexibility index (Phi) is 6.82. The lowest BCUT2D eigenvalue weighted by Crippen LogP contribution is -2.32. The third kappa shape index (κ3) is 5.38. The summed E-state index contributed by atoms with van der Waals surface area (Å²) in [6.07, 6.45) is 3.82. The minimum atomic E-state index is -3.55. The lowest BCUT2D eigenvalue weighted by molar-refractivity contribution is -0.118. The summed E-state index contributed by atoms with van der Waals surface area (Å²) in [6, 6.07) is 10.9. The lowest BCUT2D eigenvalue weighted by Gasteiger charge is -2.13. The van der Waals surface area contributed by atoms with Crippen molar-refractivity contribution in [3.8, 4) is 5.75 Å². The third-order valence-electron chi connectivity index (χ3n) is 4.41. The van der Waals surface area contributed by atoms with Gasteiger partial charge >= 0.3 is 0 Å². The molecule has 6 nitrogen and oxygen atoms in total. The van der Waals surface area contributed by atoms with Crippen molar-refractivity contribution in [2.75, 3.05) is 11.9 Å². The van der Waals surface area contributed by atoms with E-state index in [9.17, 15) is 13.2 Å². The molecule has 0 aliphatic heterocycles. The van der Waals surface area contributed by atoms with Crippen LogP contribution in [-0.2, 0) is 14.8 Å². The second-order valence-electron chi connectivity index (χ2n) is 6.51. The molecule has 0 radical (unpaired) electrons. The van der Waals surface area contributed by atoms with Crippen LogP contribution in [0.5, 0.6) is 5.75 Å². The van der Waals surface area contributed by atoms with Crippen LogP contribution < -0.4 is 14.8 Å². The van der Waals surface area contributed by atoms with Gasteiger partial charge in [-0.25, -0.2) is 13.1 Å². The fourth-order valence-electron chi connectivity index (χ4n) is 2.98. The number of hydrogen-bond donors (Lipinski definition) is 2. The highest BCUT2D eigenvalue weighted by Gasteiger charge is 2.22. The van der Waals surface area contributed by atoms with Gasteiger partial charge in [0.05, 0.1) is 20.6 Å². The van der Waals surface area contributed by atoms with E-state index in [0.717, 1.165) is 25.7 Å². The summed E-state index contributed by atoms with van der Waals surface area (Å²) < 4.78 is 32.9. The Morgan fingerprint density at radius 2 is 1.75 bits per heavy atom. The number of sulfonamides is 1. The molecule has 2 N–H and O–H groups in total. The van der Waals surface area contributed by atoms with Crippen molar-refractivity contribution < 1.29 is 17.9 Å². The molecule has 0 heterocycles. The standard InChI is InChI=1S/C19H20Cl2N2O4S/c20-16-6-3-7-17(19(16)21)22-18(24)12-27-14-8-10-15(11-9-14)28(25,26)23-13-4-1-2-5-13/h3,6-11,13,23H,1-2,4-5,12H2,(H,22,24). The van der Waals surface area contributed by atoms with Gasteiger partial charge in [-0.15, -0.1) is 0 Å². The topological polar surface area (TPSA) is 84.5 Å². The van der Waals surface area contributed by atoms with Crippen molar-refractivity contribution in [3.63, 3.8) is 0 Å². The number of anilines is 1. The molecule has 0 spiro atoms. The summed E-state index contributed by atoms with van der Waals surface area (Å²) in [5, 5.41) is 3.20. The quantitative estimate of drug-likeness (QED) is 0.671. The van der Waals surface area contributed by atoms with Gasteiger partial charge in [0, 0.05) is 6.04 Å². The van der Waals surface area contributed by atoms with Crippen molar-refractivity contribution in [1.29, 1.82) is 0 Å². The Balaban J connectivity index is 1.55. The zero-order valence-electron chi connectivity index (χ0n) is 15.0. The molecular weight excluding hydrogens is 423 g/mol. The average Bonchev–Trinajstić information content (AvgIpc) is 3.16. The Bertz CT molecular complexity index is 943. The number of rotatable bonds is 7. The second-order valence-corrected chi connectivity index (χ2v) is 9.01. The van der Waals surface area contributed by atoms with E-state index in [1.165, 1.54) is 24.3 Å². The van der Waals surface area contributed by atoms with Gasteiger partial charge in [0.2, 0.25) is 10.0 Å². The fourth-order valence-corrected chi connectivity index (χ4v) is 4.63. The molecule has 9 heteroatoms. The molecule has 0 saturated heterocycles. The summed E-state index contributed by atoms with van der Waals surface area (Å²) in [5.74, 6) is -0.0316. The molecule has 1 amide bonds. The van der Waals surface area contributed by atoms with Crippen LogP contribution >= 0.6 is 23.2 Å². The van der Waals surface area contributed by atoms with E-state index in [2.05, 4.69) is 10.0 Å². The van der Waals surface area contributed by atoms with Crippen LogP contribution in [-0.4, -0.2) is 27.0 Å². The van der Waals surface area contributed by atoms with Crippen LogP contribution in [0.1, 0.15) is 25.7 Å². The molecule has 1 aliphatic rings. The van der Waals surface area contributed by atoms with Crippen LogP contribution in [0.4, 0.5) is 5.69 Å². The van der Waals surface area contributed by atoms with Crippen molar-refractivity contribution in [2.45, 2.75) is 36.6 Å². The van der Waals surface area contributed by atoms with Gasteiger partial charge in [-0.1, -0.05) is 42.1 Å². The summed E-state index contributed by atoms with van der Waals surface area (Å²) in [7, 11) is -3.55. The van der Waals surface area contributed by atoms with Gasteiger partial charge in [-0.05, 0) is 49.2 Å². The number of benzene rings is 2. The molecule has 150 valence electrons. The number of amides is 1. The SMILES string of the molecule is O=C(COc1ccc(S(=O)(=O)NC2CCCC2)cc1)Nc1cccc(Cl)c1Cl. The van der Waals surface area contributed by atoms with Crippen molar-refractivity contribution >= 4 is 44.8 Å². The Morgan fingerprint density at radius 3 is 2.43 bits per heavy atom. The zero-order valence-corrected chi connectivity index (χ0v) is 17.3. The highest BCUT2D eigenvalue weighted by Crippen LogP contribution is 2.29. The van der Waals surface area contributed by atoms with Gasteiger partial charge in [0.25, 0.3) is 5.91 Å². The summed E-state index contributed by atoms with van der Waals surface area (Å²) >= 11 is 11.9. The van der Waals surface area contributed by atoms with Crippen molar-refractivity contribution in [3.05, 3.63) is 52.5 Å². The van der Waals surface area contributed by atoms with Crippen molar-refractivity contribution in [2.24, 2.45) is 0 Å². The van der Waals surface area contributed by atoms with E-state index in [0.29, 0.717) is 16.5 Å². The summed E-state index contributed by atoms with van der Waals surface area (Å²) in [4.78, 5) is 12.2. The molecule has 1 aliphatic carbocycles. The van der Waals surface area contributed by atoms with Gasteiger partial charge < -0.3 is 10.1 Å². The molecule has 28 heavy (non-hydrogen) atoms. The average molecular weight is 443 g/mol. The van der Waals surface area contributed by atoms with Crippen molar-refractivity contribution in [1.82, 2.24) is 4.72 Å². The lowest BCUT2D eigenvalue weighted by atomic mass is 10.3. The molecule has 0 bridgehead atoms. The minimum Gasteiger partial charge on any atom is -0.484 e. The first kappa shape index (κ1) is 20.9. The largest absolute Gasteiger partial charge is 0.484 e. The smallest absolute Gasteiger partial charge is 0.262 e. The third-order valence-corrected chi connectivity index (χ3v) is 6.76. The van der Waals surface area contributed by atoms with E-state index in [-0.39, 0.29) is 22.6 Å². The molecule has 2 aromatic rings. The normalized spacial score (nSPS) is 14.8. The number of halogens is 2. The van der Waals surface area contributed by atoms with E-state index in [1.54, 1.807) is 18.2 Å². The molecule has 0 aromatic heterocycles. The number of ether oxygens (including phenoxy) is 1. The minimum absolute atomic E-state index is 0.00272. The highest BCUT2D eigenvalue weighted by atomic mass is 35.5. The molecule has 0 atom stereocenters. The van der Waals surface area contributed by atoms with E-state index >= 15 is 0 Å². The van der Waals surface area contributed by atoms with Gasteiger partial charge in [0.15, 0.2) is 6.61 Å². The molecule has 0 unspecified atom stereocenters. The number of carbonyl (C=O) groups excluding carboxylic acids is 1. The number of carbonyl (C=O) groups is 1. The summed E-state index contributed by atoms with van der Waals surface area (Å²) in [6.45, 7) is -0.255. The maximum absolute atomic E-state index is 12.4. The fraction of sp³-hybridized carbons (Fsp3) is 0.316. The van der Waals surface area contributed by atoms with Crippen LogP contribution in [0.25, 0.3) is 0 Å². The van der Waals surface area contributed by atoms with Gasteiger partial charge in [0.1, 0.15) is 5.75 Å². The first-order chi connectivity index (χ1) is 13.3. The van der Waals surface area contributed by atoms with Gasteiger partial charge in [-0.2, -0.15) is 0 Å². The molecule has 2 aromatic carbocycles. The molecule has 1 fully saturated rings. The zero-order chi connectivity index (χ0) is 20.1. The van der Waals surface area contributed by atoms with E-state index < -0.39 is 15.9 Å². The maximum atomic E-state index is 12.4. The van der Waals surface area contributed by atoms with E-state index in [4.69, 9.17) is 27.9 Å². The Morgan fingerprint density at radius 1 is 1.07 bits per heavy atom. The molecular formula is C19H20Cl2N2O4S. The monoisotopic (exact) mass is 442 g/mol. The predicted octanol–water partition coefficient (Wildman–Crippen LogP) is 4.23. The maximum Gasteiger partial charge on any atom is 0.262 e. The Hall–Kier alpha value is -1.80. The molecule has 3 rings (SSSR count). The van der Waals surface area contributed by atoms with Crippen LogP contribution in [0.3, 0.4) is 0 Å². The summed E-state index contributed by atoms with van der Waals surface area (Å²) in [5.41, 5.74) is 0.391. The number of hydrogen-bond acceptors (Lipinski definition) is 4. The second kappa shape index (κ2) is 9.13. The first-order valence-electron chi connectivity index (χ1n) is 8.84. The Labute approximate surface area is 174 Å².